The van der Waals surface area contributed by atoms with Crippen molar-refractivity contribution in [2.24, 2.45) is 0 Å². The molecule has 164 valence electrons. The van der Waals surface area contributed by atoms with Crippen molar-refractivity contribution < 1.29 is 14.6 Å². The van der Waals surface area contributed by atoms with Gasteiger partial charge < -0.3 is 19.9 Å². The lowest BCUT2D eigenvalue weighted by atomic mass is 9.79. The van der Waals surface area contributed by atoms with Gasteiger partial charge in [-0.3, -0.25) is 0 Å². The van der Waals surface area contributed by atoms with Crippen LogP contribution in [0, 0.1) is 0 Å². The smallest absolute Gasteiger partial charge is 0.119 e. The fraction of sp³-hybridized carbons (Fsp3) is 0.455. The quantitative estimate of drug-likeness (QED) is 0.616. The number of aliphatic hydroxyl groups is 1. The number of aliphatic hydroxyl groups excluding tert-OH is 1. The standard InChI is InChI=1S/C22H25ClN4O3S/c1-13-8-22(21-16(7-20(23)31-21)19(28)12-30-22)9-17(24-13)18-11-27(26-25-18)10-14-4-3-5-15(6-14)29-2/h3-7,11,13,17,19,24,28H,8-10,12H2,1-2H3/t13-,17-,19+,22-/m0/s1. The number of thiophene rings is 1. The van der Waals surface area contributed by atoms with E-state index in [-0.39, 0.29) is 18.7 Å². The maximum atomic E-state index is 10.4. The normalized spacial score (nSPS) is 27.9. The van der Waals surface area contributed by atoms with Crippen LogP contribution in [0.1, 0.15) is 53.6 Å². The Balaban J connectivity index is 1.40. The van der Waals surface area contributed by atoms with Gasteiger partial charge in [0.15, 0.2) is 0 Å². The van der Waals surface area contributed by atoms with Crippen LogP contribution in [-0.2, 0) is 16.9 Å². The summed E-state index contributed by atoms with van der Waals surface area (Å²) in [5.74, 6) is 0.824. The fourth-order valence-corrected chi connectivity index (χ4v) is 6.20. The second-order valence-electron chi connectivity index (χ2n) is 8.38. The molecule has 2 aliphatic heterocycles. The van der Waals surface area contributed by atoms with Crippen LogP contribution >= 0.6 is 22.9 Å². The minimum atomic E-state index is -0.628. The zero-order valence-electron chi connectivity index (χ0n) is 17.4. The number of benzene rings is 1. The van der Waals surface area contributed by atoms with Gasteiger partial charge in [-0.05, 0) is 37.1 Å². The summed E-state index contributed by atoms with van der Waals surface area (Å²) in [5.41, 5.74) is 2.40. The number of aromatic nitrogens is 3. The van der Waals surface area contributed by atoms with Crippen molar-refractivity contribution in [3.05, 3.63) is 62.6 Å². The first-order valence-corrected chi connectivity index (χ1v) is 11.6. The minimum Gasteiger partial charge on any atom is -0.497 e. The first-order valence-electron chi connectivity index (χ1n) is 10.4. The van der Waals surface area contributed by atoms with E-state index in [2.05, 4.69) is 22.6 Å². The number of halogens is 1. The Morgan fingerprint density at radius 2 is 2.26 bits per heavy atom. The van der Waals surface area contributed by atoms with E-state index in [0.717, 1.165) is 33.9 Å². The van der Waals surface area contributed by atoms with Crippen LogP contribution in [0.4, 0.5) is 0 Å². The molecule has 1 saturated heterocycles. The number of methoxy groups -OCH3 is 1. The molecular formula is C22H25ClN4O3S. The minimum absolute atomic E-state index is 0.00761. The van der Waals surface area contributed by atoms with Gasteiger partial charge >= 0.3 is 0 Å². The number of fused-ring (bicyclic) bond motifs is 2. The van der Waals surface area contributed by atoms with Crippen molar-refractivity contribution >= 4 is 22.9 Å². The van der Waals surface area contributed by atoms with Crippen molar-refractivity contribution in [1.82, 2.24) is 20.3 Å². The Labute approximate surface area is 189 Å². The second-order valence-corrected chi connectivity index (χ2v) is 10.1. The number of hydrogen-bond acceptors (Lipinski definition) is 7. The molecule has 2 aromatic heterocycles. The third kappa shape index (κ3) is 3.99. The van der Waals surface area contributed by atoms with E-state index in [1.54, 1.807) is 7.11 Å². The molecule has 0 aliphatic carbocycles. The molecule has 1 fully saturated rings. The van der Waals surface area contributed by atoms with Gasteiger partial charge in [-0.2, -0.15) is 0 Å². The molecule has 1 spiro atoms. The largest absolute Gasteiger partial charge is 0.497 e. The monoisotopic (exact) mass is 460 g/mol. The Morgan fingerprint density at radius 3 is 3.10 bits per heavy atom. The van der Waals surface area contributed by atoms with Crippen molar-refractivity contribution in [2.75, 3.05) is 13.7 Å². The van der Waals surface area contributed by atoms with Crippen LogP contribution in [0.25, 0.3) is 0 Å². The maximum absolute atomic E-state index is 10.4. The lowest BCUT2D eigenvalue weighted by Crippen LogP contribution is -2.50. The summed E-state index contributed by atoms with van der Waals surface area (Å²) in [6, 6.07) is 10.0. The predicted molar refractivity (Wildman–Crippen MR) is 119 cm³/mol. The van der Waals surface area contributed by atoms with Crippen molar-refractivity contribution in [3.8, 4) is 5.75 Å². The van der Waals surface area contributed by atoms with Gasteiger partial charge in [0.05, 0.1) is 42.5 Å². The number of nitrogens with one attached hydrogen (secondary N) is 1. The molecule has 31 heavy (non-hydrogen) atoms. The topological polar surface area (TPSA) is 81.4 Å². The second kappa shape index (κ2) is 8.18. The number of piperidine rings is 1. The van der Waals surface area contributed by atoms with E-state index in [1.165, 1.54) is 11.3 Å². The average Bonchev–Trinajstić information content (AvgIpc) is 3.38. The van der Waals surface area contributed by atoms with Crippen LogP contribution in [0.2, 0.25) is 4.34 Å². The summed E-state index contributed by atoms with van der Waals surface area (Å²) in [6.07, 6.45) is 2.89. The van der Waals surface area contributed by atoms with Gasteiger partial charge in [0.1, 0.15) is 17.5 Å². The van der Waals surface area contributed by atoms with Crippen LogP contribution in [0.5, 0.6) is 5.75 Å². The molecule has 0 unspecified atom stereocenters. The molecule has 0 radical (unpaired) electrons. The molecule has 2 N–H and O–H groups in total. The Hall–Kier alpha value is -1.97. The van der Waals surface area contributed by atoms with E-state index < -0.39 is 11.7 Å². The van der Waals surface area contributed by atoms with Crippen LogP contribution < -0.4 is 10.1 Å². The number of rotatable bonds is 4. The number of hydrogen-bond donors (Lipinski definition) is 2. The molecule has 1 aromatic carbocycles. The molecule has 3 aromatic rings. The molecule has 7 nitrogen and oxygen atoms in total. The average molecular weight is 461 g/mol. The summed E-state index contributed by atoms with van der Waals surface area (Å²) in [7, 11) is 1.66. The lowest BCUT2D eigenvalue weighted by Gasteiger charge is -2.46. The lowest BCUT2D eigenvalue weighted by molar-refractivity contribution is -0.129. The highest BCUT2D eigenvalue weighted by atomic mass is 35.5. The Kier molecular flexibility index (Phi) is 5.52. The Morgan fingerprint density at radius 1 is 1.39 bits per heavy atom. The van der Waals surface area contributed by atoms with Crippen molar-refractivity contribution in [3.63, 3.8) is 0 Å². The van der Waals surface area contributed by atoms with Crippen molar-refractivity contribution in [2.45, 2.75) is 50.1 Å². The van der Waals surface area contributed by atoms with Gasteiger partial charge in [-0.25, -0.2) is 4.68 Å². The number of nitrogens with zero attached hydrogens (tertiary/aromatic N) is 3. The molecule has 4 heterocycles. The zero-order valence-corrected chi connectivity index (χ0v) is 19.0. The maximum Gasteiger partial charge on any atom is 0.119 e. The van der Waals surface area contributed by atoms with E-state index in [1.807, 2.05) is 41.2 Å². The van der Waals surface area contributed by atoms with Gasteiger partial charge in [0.2, 0.25) is 0 Å². The molecule has 0 saturated carbocycles. The van der Waals surface area contributed by atoms with Gasteiger partial charge in [0, 0.05) is 22.9 Å². The highest BCUT2D eigenvalue weighted by Gasteiger charge is 2.48. The van der Waals surface area contributed by atoms with E-state index >= 15 is 0 Å². The molecule has 4 atom stereocenters. The summed E-state index contributed by atoms with van der Waals surface area (Å²) in [5, 5.41) is 22.8. The molecule has 0 amide bonds. The van der Waals surface area contributed by atoms with Gasteiger partial charge in [-0.15, -0.1) is 16.4 Å². The van der Waals surface area contributed by atoms with Crippen LogP contribution in [0.3, 0.4) is 0 Å². The van der Waals surface area contributed by atoms with Gasteiger partial charge in [0.25, 0.3) is 0 Å². The fourth-order valence-electron chi connectivity index (χ4n) is 4.74. The third-order valence-electron chi connectivity index (χ3n) is 6.07. The summed E-state index contributed by atoms with van der Waals surface area (Å²) in [6.45, 7) is 3.05. The highest BCUT2D eigenvalue weighted by Crippen LogP contribution is 2.51. The zero-order chi connectivity index (χ0) is 21.6. The summed E-state index contributed by atoms with van der Waals surface area (Å²) in [4.78, 5) is 1.04. The van der Waals surface area contributed by atoms with E-state index in [9.17, 15) is 5.11 Å². The molecule has 9 heteroatoms. The SMILES string of the molecule is COc1cccc(Cn2cc([C@@H]3C[C@]4(C[C@H](C)N3)OC[C@@H](O)c3cc(Cl)sc34)nn2)c1. The van der Waals surface area contributed by atoms with Crippen molar-refractivity contribution in [1.29, 1.82) is 0 Å². The van der Waals surface area contributed by atoms with E-state index in [4.69, 9.17) is 21.1 Å². The number of ether oxygens (including phenoxy) is 2. The van der Waals surface area contributed by atoms with Crippen LogP contribution in [0.15, 0.2) is 36.5 Å². The molecule has 2 aliphatic rings. The molecular weight excluding hydrogens is 436 g/mol. The predicted octanol–water partition coefficient (Wildman–Crippen LogP) is 3.82. The van der Waals surface area contributed by atoms with Crippen LogP contribution in [-0.4, -0.2) is 39.9 Å². The molecule has 0 bridgehead atoms. The van der Waals surface area contributed by atoms with E-state index in [0.29, 0.717) is 17.3 Å². The first kappa shape index (κ1) is 20.9. The van der Waals surface area contributed by atoms with Gasteiger partial charge in [-0.1, -0.05) is 28.9 Å². The summed E-state index contributed by atoms with van der Waals surface area (Å²) >= 11 is 7.82. The molecule has 5 rings (SSSR count). The Bertz CT molecular complexity index is 1090. The first-order chi connectivity index (χ1) is 15.0. The highest BCUT2D eigenvalue weighted by molar-refractivity contribution is 7.16. The third-order valence-corrected chi connectivity index (χ3v) is 7.53. The summed E-state index contributed by atoms with van der Waals surface area (Å²) < 4.78 is 14.1.